The molecule has 0 radical (unpaired) electrons. The third-order valence-electron chi connectivity index (χ3n) is 4.57. The predicted molar refractivity (Wildman–Crippen MR) is 109 cm³/mol. The minimum Gasteiger partial charge on any atom is -0.497 e. The van der Waals surface area contributed by atoms with Crippen LogP contribution in [0.25, 0.3) is 0 Å². The number of hydrogen-bond acceptors (Lipinski definition) is 5. The molecule has 1 N–H and O–H groups in total. The Morgan fingerprint density at radius 3 is 2.52 bits per heavy atom. The van der Waals surface area contributed by atoms with Gasteiger partial charge < -0.3 is 19.7 Å². The highest BCUT2D eigenvalue weighted by molar-refractivity contribution is 7.92. The SMILES string of the molecule is CCNC(=NCCCOc1ccc(OC)cc1)N1CCS(=O)(=O)C(C)(C)C1. The minimum atomic E-state index is -3.06. The first kappa shape index (κ1) is 21.3. The summed E-state index contributed by atoms with van der Waals surface area (Å²) in [4.78, 5) is 6.68. The minimum absolute atomic E-state index is 0.158. The number of nitrogens with one attached hydrogen (secondary N) is 1. The van der Waals surface area contributed by atoms with Crippen LogP contribution in [-0.4, -0.2) is 69.7 Å². The van der Waals surface area contributed by atoms with E-state index < -0.39 is 14.6 Å². The van der Waals surface area contributed by atoms with E-state index in [-0.39, 0.29) is 5.75 Å². The molecule has 1 fully saturated rings. The van der Waals surface area contributed by atoms with Crippen molar-refractivity contribution >= 4 is 15.8 Å². The van der Waals surface area contributed by atoms with Crippen molar-refractivity contribution < 1.29 is 17.9 Å². The highest BCUT2D eigenvalue weighted by Crippen LogP contribution is 2.23. The first-order valence-electron chi connectivity index (χ1n) is 9.31. The van der Waals surface area contributed by atoms with E-state index in [9.17, 15) is 8.42 Å². The fraction of sp³-hybridized carbons (Fsp3) is 0.632. The second-order valence-corrected chi connectivity index (χ2v) is 9.86. The summed E-state index contributed by atoms with van der Waals surface area (Å²) in [7, 11) is -1.43. The zero-order valence-corrected chi connectivity index (χ0v) is 17.5. The lowest BCUT2D eigenvalue weighted by atomic mass is 10.2. The fourth-order valence-electron chi connectivity index (χ4n) is 2.86. The topological polar surface area (TPSA) is 80.2 Å². The molecule has 0 amide bonds. The third-order valence-corrected chi connectivity index (χ3v) is 7.10. The van der Waals surface area contributed by atoms with Gasteiger partial charge in [0.2, 0.25) is 0 Å². The summed E-state index contributed by atoms with van der Waals surface area (Å²) < 4.78 is 34.5. The maximum Gasteiger partial charge on any atom is 0.193 e. The van der Waals surface area contributed by atoms with Crippen LogP contribution in [0.3, 0.4) is 0 Å². The molecule has 0 unspecified atom stereocenters. The van der Waals surface area contributed by atoms with Crippen LogP contribution in [0.15, 0.2) is 29.3 Å². The van der Waals surface area contributed by atoms with E-state index in [0.717, 1.165) is 30.4 Å². The van der Waals surface area contributed by atoms with Gasteiger partial charge in [-0.2, -0.15) is 0 Å². The Balaban J connectivity index is 1.86. The van der Waals surface area contributed by atoms with Gasteiger partial charge in [0.1, 0.15) is 11.5 Å². The normalized spacial score (nSPS) is 18.8. The molecule has 1 aromatic carbocycles. The third kappa shape index (κ3) is 5.76. The molecule has 0 saturated carbocycles. The Labute approximate surface area is 162 Å². The molecule has 0 atom stereocenters. The Bertz CT molecular complexity index is 730. The van der Waals surface area contributed by atoms with E-state index >= 15 is 0 Å². The first-order valence-corrected chi connectivity index (χ1v) is 11.0. The second-order valence-electron chi connectivity index (χ2n) is 7.11. The summed E-state index contributed by atoms with van der Waals surface area (Å²) in [6.07, 6.45) is 0.774. The molecule has 152 valence electrons. The van der Waals surface area contributed by atoms with Crippen molar-refractivity contribution in [2.24, 2.45) is 4.99 Å². The Morgan fingerprint density at radius 2 is 1.93 bits per heavy atom. The molecule has 1 aliphatic rings. The van der Waals surface area contributed by atoms with E-state index in [4.69, 9.17) is 9.47 Å². The van der Waals surface area contributed by atoms with Crippen molar-refractivity contribution in [3.05, 3.63) is 24.3 Å². The Kier molecular flexibility index (Phi) is 7.35. The number of ether oxygens (including phenoxy) is 2. The van der Waals surface area contributed by atoms with Gasteiger partial charge in [-0.25, -0.2) is 8.42 Å². The van der Waals surface area contributed by atoms with Crippen molar-refractivity contribution in [3.63, 3.8) is 0 Å². The monoisotopic (exact) mass is 397 g/mol. The van der Waals surface area contributed by atoms with Gasteiger partial charge in [0, 0.05) is 32.6 Å². The molecule has 1 aromatic rings. The summed E-state index contributed by atoms with van der Waals surface area (Å²) in [5.41, 5.74) is 0. The van der Waals surface area contributed by atoms with Gasteiger partial charge in [0.25, 0.3) is 0 Å². The van der Waals surface area contributed by atoms with Gasteiger partial charge in [-0.3, -0.25) is 4.99 Å². The van der Waals surface area contributed by atoms with Crippen LogP contribution in [0.1, 0.15) is 27.2 Å². The summed E-state index contributed by atoms with van der Waals surface area (Å²) >= 11 is 0. The number of rotatable bonds is 7. The number of methoxy groups -OCH3 is 1. The van der Waals surface area contributed by atoms with Crippen molar-refractivity contribution in [1.29, 1.82) is 0 Å². The maximum atomic E-state index is 12.2. The van der Waals surface area contributed by atoms with Crippen molar-refractivity contribution in [2.75, 3.05) is 45.6 Å². The van der Waals surface area contributed by atoms with Crippen molar-refractivity contribution in [1.82, 2.24) is 10.2 Å². The summed E-state index contributed by atoms with van der Waals surface area (Å²) in [6.45, 7) is 8.40. The molecule has 8 heteroatoms. The van der Waals surface area contributed by atoms with Crippen LogP contribution in [-0.2, 0) is 9.84 Å². The summed E-state index contributed by atoms with van der Waals surface area (Å²) in [6, 6.07) is 7.48. The van der Waals surface area contributed by atoms with Gasteiger partial charge in [-0.1, -0.05) is 0 Å². The van der Waals surface area contributed by atoms with E-state index in [1.54, 1.807) is 21.0 Å². The molecule has 0 bridgehead atoms. The number of sulfone groups is 1. The largest absolute Gasteiger partial charge is 0.497 e. The molecule has 0 aliphatic carbocycles. The number of nitrogens with zero attached hydrogens (tertiary/aromatic N) is 2. The lowest BCUT2D eigenvalue weighted by Gasteiger charge is -2.39. The highest BCUT2D eigenvalue weighted by Gasteiger charge is 2.40. The molecule has 7 nitrogen and oxygen atoms in total. The van der Waals surface area contributed by atoms with Gasteiger partial charge in [-0.15, -0.1) is 0 Å². The molecule has 1 saturated heterocycles. The van der Waals surface area contributed by atoms with E-state index in [2.05, 4.69) is 10.3 Å². The van der Waals surface area contributed by atoms with Crippen molar-refractivity contribution in [3.8, 4) is 11.5 Å². The predicted octanol–water partition coefficient (Wildman–Crippen LogP) is 1.94. The van der Waals surface area contributed by atoms with E-state index in [1.807, 2.05) is 36.1 Å². The van der Waals surface area contributed by atoms with Gasteiger partial charge in [0.15, 0.2) is 15.8 Å². The van der Waals surface area contributed by atoms with E-state index in [0.29, 0.717) is 26.2 Å². The average Bonchev–Trinajstić information content (AvgIpc) is 2.63. The molecule has 0 aromatic heterocycles. The number of benzene rings is 1. The highest BCUT2D eigenvalue weighted by atomic mass is 32.2. The molecule has 0 spiro atoms. The van der Waals surface area contributed by atoms with Crippen LogP contribution in [0.4, 0.5) is 0 Å². The standard InChI is InChI=1S/C19H31N3O4S/c1-5-20-18(22-12-14-27(23,24)19(2,3)15-22)21-11-6-13-26-17-9-7-16(25-4)8-10-17/h7-10H,5-6,11-15H2,1-4H3,(H,20,21). The van der Waals surface area contributed by atoms with E-state index in [1.165, 1.54) is 0 Å². The lowest BCUT2D eigenvalue weighted by Crippen LogP contribution is -2.57. The molecular weight excluding hydrogens is 366 g/mol. The summed E-state index contributed by atoms with van der Waals surface area (Å²) in [5, 5.41) is 3.27. The Morgan fingerprint density at radius 1 is 1.26 bits per heavy atom. The smallest absolute Gasteiger partial charge is 0.193 e. The Hall–Kier alpha value is -1.96. The van der Waals surface area contributed by atoms with Gasteiger partial charge in [0.05, 0.1) is 24.2 Å². The maximum absolute atomic E-state index is 12.2. The van der Waals surface area contributed by atoms with Crippen LogP contribution < -0.4 is 14.8 Å². The van der Waals surface area contributed by atoms with Gasteiger partial charge in [-0.05, 0) is 45.0 Å². The molecule has 27 heavy (non-hydrogen) atoms. The fourth-order valence-corrected chi connectivity index (χ4v) is 4.23. The lowest BCUT2D eigenvalue weighted by molar-refractivity contribution is 0.311. The van der Waals surface area contributed by atoms with Crippen LogP contribution in [0.5, 0.6) is 11.5 Å². The molecule has 2 rings (SSSR count). The molecule has 1 aliphatic heterocycles. The quantitative estimate of drug-likeness (QED) is 0.430. The summed E-state index contributed by atoms with van der Waals surface area (Å²) in [5.74, 6) is 2.53. The van der Waals surface area contributed by atoms with Crippen LogP contribution in [0, 0.1) is 0 Å². The second kappa shape index (κ2) is 9.30. The first-order chi connectivity index (χ1) is 12.8. The van der Waals surface area contributed by atoms with Crippen molar-refractivity contribution in [2.45, 2.75) is 31.9 Å². The molecule has 1 heterocycles. The van der Waals surface area contributed by atoms with Crippen LogP contribution >= 0.6 is 0 Å². The van der Waals surface area contributed by atoms with Gasteiger partial charge >= 0.3 is 0 Å². The van der Waals surface area contributed by atoms with Crippen LogP contribution in [0.2, 0.25) is 0 Å². The number of aliphatic imine (C=N–C) groups is 1. The number of guanidine groups is 1. The number of hydrogen-bond donors (Lipinski definition) is 1. The zero-order chi connectivity index (χ0) is 19.9. The molecular formula is C19H31N3O4S. The average molecular weight is 398 g/mol. The zero-order valence-electron chi connectivity index (χ0n) is 16.7.